The van der Waals surface area contributed by atoms with Crippen LogP contribution in [-0.2, 0) is 25.7 Å². The van der Waals surface area contributed by atoms with Crippen molar-refractivity contribution >= 4 is 34.8 Å². The average molecular weight is 634 g/mol. The molecule has 0 radical (unpaired) electrons. The highest BCUT2D eigenvalue weighted by atomic mass is 16.6. The van der Waals surface area contributed by atoms with Crippen molar-refractivity contribution in [1.82, 2.24) is 20.5 Å². The monoisotopic (exact) mass is 633 g/mol. The first kappa shape index (κ1) is 33.1. The molecule has 4 N–H and O–H groups in total. The summed E-state index contributed by atoms with van der Waals surface area (Å²) in [4.78, 5) is 59.0. The lowest BCUT2D eigenvalue weighted by Crippen LogP contribution is -2.52. The summed E-state index contributed by atoms with van der Waals surface area (Å²) in [5.74, 6) is -1.49. The largest absolute Gasteiger partial charge is 0.446 e. The summed E-state index contributed by atoms with van der Waals surface area (Å²) in [5.41, 5.74) is 7.67. The molecule has 0 bridgehead atoms. The molecule has 2 fully saturated rings. The summed E-state index contributed by atoms with van der Waals surface area (Å²) in [7, 11) is 0. The van der Waals surface area contributed by atoms with Gasteiger partial charge in [-0.25, -0.2) is 9.78 Å². The molecule has 1 aromatic heterocycles. The van der Waals surface area contributed by atoms with Crippen LogP contribution in [0.3, 0.4) is 0 Å². The van der Waals surface area contributed by atoms with Crippen LogP contribution in [-0.4, -0.2) is 77.5 Å². The molecule has 1 saturated carbocycles. The van der Waals surface area contributed by atoms with Gasteiger partial charge in [0.05, 0.1) is 18.8 Å². The number of alkyl carbamates (subject to hydrolysis) is 1. The Labute approximate surface area is 268 Å². The van der Waals surface area contributed by atoms with Crippen molar-refractivity contribution in [2.45, 2.75) is 88.7 Å². The number of amides is 3. The van der Waals surface area contributed by atoms with E-state index in [2.05, 4.69) is 15.6 Å². The van der Waals surface area contributed by atoms with Gasteiger partial charge in [-0.05, 0) is 69.2 Å². The molecule has 46 heavy (non-hydrogen) atoms. The van der Waals surface area contributed by atoms with Crippen molar-refractivity contribution in [1.29, 1.82) is 0 Å². The molecule has 0 spiro atoms. The molecule has 246 valence electrons. The van der Waals surface area contributed by atoms with Crippen LogP contribution < -0.4 is 16.4 Å². The number of Topliss-reactive ketones (excluding diaryl/α,β-unsaturated/α-hetero) is 1. The van der Waals surface area contributed by atoms with Gasteiger partial charge < -0.3 is 35.2 Å². The number of para-hydroxylation sites is 2. The van der Waals surface area contributed by atoms with Crippen molar-refractivity contribution < 1.29 is 33.1 Å². The van der Waals surface area contributed by atoms with Gasteiger partial charge in [-0.15, -0.1) is 0 Å². The Hall–Kier alpha value is -4.29. The molecule has 3 atom stereocenters. The second kappa shape index (κ2) is 16.3. The van der Waals surface area contributed by atoms with Gasteiger partial charge in [-0.1, -0.05) is 48.9 Å². The first-order valence-corrected chi connectivity index (χ1v) is 16.2. The Bertz CT molecular complexity index is 1440. The zero-order valence-electron chi connectivity index (χ0n) is 26.0. The molecule has 2 aliphatic rings. The van der Waals surface area contributed by atoms with Crippen molar-refractivity contribution in [3.8, 4) is 0 Å². The highest BCUT2D eigenvalue weighted by molar-refractivity contribution is 6.01. The van der Waals surface area contributed by atoms with Gasteiger partial charge in [0.2, 0.25) is 17.6 Å². The van der Waals surface area contributed by atoms with E-state index in [0.29, 0.717) is 43.5 Å². The maximum absolute atomic E-state index is 13.8. The van der Waals surface area contributed by atoms with E-state index in [1.807, 2.05) is 30.3 Å². The van der Waals surface area contributed by atoms with Crippen LogP contribution in [0.5, 0.6) is 0 Å². The maximum Gasteiger partial charge on any atom is 0.407 e. The highest BCUT2D eigenvalue weighted by Gasteiger charge is 2.41. The molecule has 2 aromatic carbocycles. The van der Waals surface area contributed by atoms with Crippen LogP contribution in [0.1, 0.15) is 74.0 Å². The minimum atomic E-state index is -0.933. The standard InChI is InChI=1S/C34H43N5O7/c35-18-10-9-16-27(31(41)33-38-26-15-7-8-17-29(26)46-33)37-32(42)28-19-25(44-22-23-11-3-1-4-12-23)21-39(28)30(40)20-36-34(43)45-24-13-5-2-6-14-24/h1,3-4,7-8,11-12,15,17,24-25,27-28H,2,5-6,9-10,13-14,16,18-22,35H2,(H,36,43)(H,37,42)/t25-,27+,28+/m1/s1. The van der Waals surface area contributed by atoms with E-state index < -0.39 is 41.9 Å². The molecule has 2 heterocycles. The summed E-state index contributed by atoms with van der Waals surface area (Å²) in [6, 6.07) is 14.8. The number of nitrogens with one attached hydrogen (secondary N) is 2. The molecule has 12 nitrogen and oxygen atoms in total. The minimum absolute atomic E-state index is 0.0941. The van der Waals surface area contributed by atoms with Crippen LogP contribution in [0.25, 0.3) is 11.1 Å². The Morgan fingerprint density at radius 3 is 2.50 bits per heavy atom. The summed E-state index contributed by atoms with van der Waals surface area (Å²) in [6.07, 6.45) is 5.33. The second-order valence-corrected chi connectivity index (χ2v) is 11.9. The number of fused-ring (bicyclic) bond motifs is 1. The van der Waals surface area contributed by atoms with E-state index in [0.717, 1.165) is 37.7 Å². The zero-order chi connectivity index (χ0) is 32.3. The molecular formula is C34H43N5O7. The Kier molecular flexibility index (Phi) is 11.7. The Morgan fingerprint density at radius 2 is 1.74 bits per heavy atom. The molecule has 1 saturated heterocycles. The van der Waals surface area contributed by atoms with Crippen molar-refractivity contribution in [2.24, 2.45) is 5.73 Å². The van der Waals surface area contributed by atoms with Crippen LogP contribution in [0.2, 0.25) is 0 Å². The zero-order valence-corrected chi connectivity index (χ0v) is 26.0. The molecule has 0 unspecified atom stereocenters. The summed E-state index contributed by atoms with van der Waals surface area (Å²) < 4.78 is 17.3. The Morgan fingerprint density at radius 1 is 0.978 bits per heavy atom. The lowest BCUT2D eigenvalue weighted by Gasteiger charge is -2.26. The van der Waals surface area contributed by atoms with Gasteiger partial charge in [-0.3, -0.25) is 14.4 Å². The number of aromatic nitrogens is 1. The maximum atomic E-state index is 13.8. The van der Waals surface area contributed by atoms with E-state index in [1.54, 1.807) is 24.3 Å². The van der Waals surface area contributed by atoms with E-state index in [1.165, 1.54) is 4.90 Å². The fourth-order valence-corrected chi connectivity index (χ4v) is 6.01. The number of carbonyl (C=O) groups is 4. The predicted octanol–water partition coefficient (Wildman–Crippen LogP) is 3.87. The molecule has 5 rings (SSSR count). The third-order valence-electron chi connectivity index (χ3n) is 8.51. The number of rotatable bonds is 14. The van der Waals surface area contributed by atoms with Crippen LogP contribution in [0.4, 0.5) is 4.79 Å². The quantitative estimate of drug-likeness (QED) is 0.176. The molecular weight excluding hydrogens is 590 g/mol. The number of nitrogens with two attached hydrogens (primary N) is 1. The molecule has 12 heteroatoms. The second-order valence-electron chi connectivity index (χ2n) is 11.9. The third-order valence-corrected chi connectivity index (χ3v) is 8.51. The number of likely N-dealkylation sites (tertiary alicyclic amines) is 1. The number of unbranched alkanes of at least 4 members (excludes halogenated alkanes) is 1. The average Bonchev–Trinajstić information content (AvgIpc) is 3.72. The fourth-order valence-electron chi connectivity index (χ4n) is 6.01. The number of hydrogen-bond acceptors (Lipinski definition) is 9. The molecule has 1 aliphatic carbocycles. The van der Waals surface area contributed by atoms with E-state index >= 15 is 0 Å². The number of ether oxygens (including phenoxy) is 2. The summed E-state index contributed by atoms with van der Waals surface area (Å²) in [6.45, 7) is 0.577. The van der Waals surface area contributed by atoms with Crippen LogP contribution in [0.15, 0.2) is 59.0 Å². The number of nitrogens with zero attached hydrogens (tertiary/aromatic N) is 2. The fraction of sp³-hybridized carbons (Fsp3) is 0.500. The Balaban J connectivity index is 1.27. The molecule has 1 aliphatic heterocycles. The van der Waals surface area contributed by atoms with Gasteiger partial charge >= 0.3 is 6.09 Å². The topological polar surface area (TPSA) is 166 Å². The van der Waals surface area contributed by atoms with Crippen molar-refractivity contribution in [3.63, 3.8) is 0 Å². The van der Waals surface area contributed by atoms with E-state index in [9.17, 15) is 19.2 Å². The number of ketones is 1. The number of hydrogen-bond donors (Lipinski definition) is 3. The molecule has 3 aromatic rings. The van der Waals surface area contributed by atoms with Gasteiger partial charge in [0, 0.05) is 13.0 Å². The number of benzene rings is 2. The summed E-state index contributed by atoms with van der Waals surface area (Å²) in [5, 5.41) is 5.42. The smallest absolute Gasteiger partial charge is 0.407 e. The number of oxazole rings is 1. The minimum Gasteiger partial charge on any atom is -0.446 e. The van der Waals surface area contributed by atoms with Gasteiger partial charge in [-0.2, -0.15) is 0 Å². The SMILES string of the molecule is NCCCC[C@H](NC(=O)[C@@H]1C[C@@H](OCc2ccccc2)CN1C(=O)CNC(=O)OC1CCCCC1)C(=O)c1nc2ccccc2o1. The lowest BCUT2D eigenvalue weighted by molar-refractivity contribution is -0.138. The first-order chi connectivity index (χ1) is 22.4. The molecule has 3 amide bonds. The summed E-state index contributed by atoms with van der Waals surface area (Å²) >= 11 is 0. The number of carbonyl (C=O) groups excluding carboxylic acids is 4. The van der Waals surface area contributed by atoms with Crippen LogP contribution >= 0.6 is 0 Å². The van der Waals surface area contributed by atoms with E-state index in [-0.39, 0.29) is 31.5 Å². The predicted molar refractivity (Wildman–Crippen MR) is 170 cm³/mol. The normalized spacial score (nSPS) is 19.1. The van der Waals surface area contributed by atoms with Crippen LogP contribution in [0, 0.1) is 0 Å². The third kappa shape index (κ3) is 8.91. The lowest BCUT2D eigenvalue weighted by atomic mass is 9.98. The van der Waals surface area contributed by atoms with Gasteiger partial charge in [0.1, 0.15) is 24.2 Å². The first-order valence-electron chi connectivity index (χ1n) is 16.2. The van der Waals surface area contributed by atoms with Crippen molar-refractivity contribution in [3.05, 3.63) is 66.1 Å². The highest BCUT2D eigenvalue weighted by Crippen LogP contribution is 2.24. The van der Waals surface area contributed by atoms with Crippen molar-refractivity contribution in [2.75, 3.05) is 19.6 Å². The van der Waals surface area contributed by atoms with Gasteiger partial charge in [0.25, 0.3) is 5.89 Å². The van der Waals surface area contributed by atoms with Gasteiger partial charge in [0.15, 0.2) is 5.58 Å². The van der Waals surface area contributed by atoms with E-state index in [4.69, 9.17) is 19.6 Å².